The van der Waals surface area contributed by atoms with Gasteiger partial charge in [-0.05, 0) is 25.7 Å². The highest BCUT2D eigenvalue weighted by molar-refractivity contribution is 7.15. The summed E-state index contributed by atoms with van der Waals surface area (Å²) in [5.74, 6) is 0.815. The lowest BCUT2D eigenvalue weighted by Crippen LogP contribution is -2.33. The molecule has 0 amide bonds. The van der Waals surface area contributed by atoms with Gasteiger partial charge in [-0.3, -0.25) is 4.90 Å². The van der Waals surface area contributed by atoms with Gasteiger partial charge in [0.05, 0.1) is 0 Å². The average Bonchev–Trinajstić information content (AvgIpc) is 2.55. The SMILES string of the molecule is CC1CCCC(C)N(Cc2cnc(N)s2)C1. The quantitative estimate of drug-likeness (QED) is 0.863. The molecule has 1 fully saturated rings. The van der Waals surface area contributed by atoms with Gasteiger partial charge in [0.15, 0.2) is 5.13 Å². The Labute approximate surface area is 102 Å². The lowest BCUT2D eigenvalue weighted by Gasteiger charge is -2.27. The molecule has 1 aromatic heterocycles. The third kappa shape index (κ3) is 2.95. The highest BCUT2D eigenvalue weighted by atomic mass is 32.1. The number of likely N-dealkylation sites (tertiary alicyclic amines) is 1. The molecule has 3 nitrogen and oxygen atoms in total. The number of hydrogen-bond acceptors (Lipinski definition) is 4. The van der Waals surface area contributed by atoms with Crippen LogP contribution in [0.4, 0.5) is 5.13 Å². The Hall–Kier alpha value is -0.610. The van der Waals surface area contributed by atoms with Crippen molar-refractivity contribution < 1.29 is 0 Å². The minimum absolute atomic E-state index is 0.686. The van der Waals surface area contributed by atoms with Gasteiger partial charge in [0, 0.05) is 30.2 Å². The second-order valence-corrected chi connectivity index (χ2v) is 6.13. The highest BCUT2D eigenvalue weighted by Gasteiger charge is 2.21. The largest absolute Gasteiger partial charge is 0.375 e. The van der Waals surface area contributed by atoms with Crippen molar-refractivity contribution >= 4 is 16.5 Å². The van der Waals surface area contributed by atoms with Gasteiger partial charge >= 0.3 is 0 Å². The van der Waals surface area contributed by atoms with Crippen molar-refractivity contribution in [1.29, 1.82) is 0 Å². The molecule has 1 aliphatic heterocycles. The standard InChI is InChI=1S/C12H21N3S/c1-9-4-3-5-10(2)15(7-9)8-11-6-14-12(13)16-11/h6,9-10H,3-5,7-8H2,1-2H3,(H2,13,14). The zero-order chi connectivity index (χ0) is 11.5. The number of nitrogens with zero attached hydrogens (tertiary/aromatic N) is 2. The molecular formula is C12H21N3S. The molecule has 1 aliphatic rings. The van der Waals surface area contributed by atoms with Crippen LogP contribution in [0.2, 0.25) is 0 Å². The summed E-state index contributed by atoms with van der Waals surface area (Å²) in [5, 5.41) is 0.686. The fraction of sp³-hybridized carbons (Fsp3) is 0.750. The Balaban J connectivity index is 2.00. The van der Waals surface area contributed by atoms with Crippen molar-refractivity contribution in [2.24, 2.45) is 5.92 Å². The molecule has 1 aromatic rings. The molecule has 4 heteroatoms. The van der Waals surface area contributed by atoms with E-state index >= 15 is 0 Å². The molecule has 90 valence electrons. The van der Waals surface area contributed by atoms with Crippen LogP contribution in [0, 0.1) is 5.92 Å². The van der Waals surface area contributed by atoms with Gasteiger partial charge in [-0.2, -0.15) is 0 Å². The van der Waals surface area contributed by atoms with E-state index in [1.54, 1.807) is 11.3 Å². The van der Waals surface area contributed by atoms with Gasteiger partial charge in [0.2, 0.25) is 0 Å². The maximum absolute atomic E-state index is 5.67. The summed E-state index contributed by atoms with van der Waals surface area (Å²) < 4.78 is 0. The number of rotatable bonds is 2. The van der Waals surface area contributed by atoms with Crippen molar-refractivity contribution in [3.8, 4) is 0 Å². The van der Waals surface area contributed by atoms with Gasteiger partial charge in [-0.25, -0.2) is 4.98 Å². The molecule has 2 rings (SSSR count). The molecule has 0 saturated carbocycles. The van der Waals surface area contributed by atoms with E-state index < -0.39 is 0 Å². The van der Waals surface area contributed by atoms with E-state index in [-0.39, 0.29) is 0 Å². The molecule has 0 spiro atoms. The van der Waals surface area contributed by atoms with Crippen LogP contribution in [0.5, 0.6) is 0 Å². The van der Waals surface area contributed by atoms with Crippen molar-refractivity contribution in [1.82, 2.24) is 9.88 Å². The zero-order valence-electron chi connectivity index (χ0n) is 10.1. The van der Waals surface area contributed by atoms with Gasteiger partial charge < -0.3 is 5.73 Å². The summed E-state index contributed by atoms with van der Waals surface area (Å²) in [4.78, 5) is 7.98. The molecule has 2 unspecified atom stereocenters. The van der Waals surface area contributed by atoms with E-state index in [1.165, 1.54) is 30.7 Å². The summed E-state index contributed by atoms with van der Waals surface area (Å²) in [5.41, 5.74) is 5.67. The fourth-order valence-corrected chi connectivity index (χ4v) is 3.14. The minimum Gasteiger partial charge on any atom is -0.375 e. The van der Waals surface area contributed by atoms with Gasteiger partial charge in [-0.15, -0.1) is 11.3 Å². The second kappa shape index (κ2) is 5.15. The molecule has 2 atom stereocenters. The summed E-state index contributed by atoms with van der Waals surface area (Å²) in [6.07, 6.45) is 5.97. The zero-order valence-corrected chi connectivity index (χ0v) is 11.0. The monoisotopic (exact) mass is 239 g/mol. The van der Waals surface area contributed by atoms with Crippen molar-refractivity contribution in [3.05, 3.63) is 11.1 Å². The van der Waals surface area contributed by atoms with E-state index in [1.807, 2.05) is 6.20 Å². The second-order valence-electron chi connectivity index (χ2n) is 4.98. The number of aromatic nitrogens is 1. The highest BCUT2D eigenvalue weighted by Crippen LogP contribution is 2.24. The minimum atomic E-state index is 0.686. The first kappa shape index (κ1) is 11.9. The molecule has 0 radical (unpaired) electrons. The van der Waals surface area contributed by atoms with Crippen LogP contribution in [0.15, 0.2) is 6.20 Å². The number of nitrogen functional groups attached to an aromatic ring is 1. The van der Waals surface area contributed by atoms with Crippen LogP contribution < -0.4 is 5.73 Å². The molecule has 0 aromatic carbocycles. The number of thiazole rings is 1. The smallest absolute Gasteiger partial charge is 0.180 e. The first-order chi connectivity index (χ1) is 7.65. The Morgan fingerprint density at radius 2 is 2.31 bits per heavy atom. The Kier molecular flexibility index (Phi) is 3.82. The topological polar surface area (TPSA) is 42.2 Å². The van der Waals surface area contributed by atoms with E-state index in [0.29, 0.717) is 11.2 Å². The third-order valence-corrected chi connectivity index (χ3v) is 4.23. The van der Waals surface area contributed by atoms with Gasteiger partial charge in [-0.1, -0.05) is 13.3 Å². The molecule has 0 bridgehead atoms. The lowest BCUT2D eigenvalue weighted by molar-refractivity contribution is 0.188. The first-order valence-corrected chi connectivity index (χ1v) is 6.91. The molecule has 16 heavy (non-hydrogen) atoms. The van der Waals surface area contributed by atoms with Crippen molar-refractivity contribution in [2.75, 3.05) is 12.3 Å². The molecule has 2 heterocycles. The number of nitrogens with two attached hydrogens (primary N) is 1. The van der Waals surface area contributed by atoms with Crippen LogP contribution >= 0.6 is 11.3 Å². The van der Waals surface area contributed by atoms with E-state index in [2.05, 4.69) is 23.7 Å². The molecular weight excluding hydrogens is 218 g/mol. The maximum atomic E-state index is 5.67. The Morgan fingerprint density at radius 3 is 3.00 bits per heavy atom. The Bertz CT molecular complexity index is 337. The van der Waals surface area contributed by atoms with Crippen molar-refractivity contribution in [2.45, 2.75) is 45.7 Å². The van der Waals surface area contributed by atoms with E-state index in [9.17, 15) is 0 Å². The predicted molar refractivity (Wildman–Crippen MR) is 69.4 cm³/mol. The van der Waals surface area contributed by atoms with Crippen LogP contribution in [-0.4, -0.2) is 22.5 Å². The third-order valence-electron chi connectivity index (χ3n) is 3.42. The molecule has 2 N–H and O–H groups in total. The summed E-state index contributed by atoms with van der Waals surface area (Å²) >= 11 is 1.62. The van der Waals surface area contributed by atoms with Crippen LogP contribution in [0.25, 0.3) is 0 Å². The molecule has 1 saturated heterocycles. The maximum Gasteiger partial charge on any atom is 0.180 e. The molecule has 0 aliphatic carbocycles. The summed E-state index contributed by atoms with van der Waals surface area (Å²) in [6.45, 7) is 6.91. The number of anilines is 1. The van der Waals surface area contributed by atoms with Crippen LogP contribution in [-0.2, 0) is 6.54 Å². The summed E-state index contributed by atoms with van der Waals surface area (Å²) in [6, 6.07) is 0.688. The average molecular weight is 239 g/mol. The van der Waals surface area contributed by atoms with E-state index in [0.717, 1.165) is 12.5 Å². The van der Waals surface area contributed by atoms with Gasteiger partial charge in [0.25, 0.3) is 0 Å². The normalized spacial score (nSPS) is 27.9. The van der Waals surface area contributed by atoms with Crippen LogP contribution in [0.1, 0.15) is 38.0 Å². The lowest BCUT2D eigenvalue weighted by atomic mass is 10.1. The van der Waals surface area contributed by atoms with Gasteiger partial charge in [0.1, 0.15) is 0 Å². The van der Waals surface area contributed by atoms with E-state index in [4.69, 9.17) is 5.73 Å². The predicted octanol–water partition coefficient (Wildman–Crippen LogP) is 2.74. The first-order valence-electron chi connectivity index (χ1n) is 6.09. The number of hydrogen-bond donors (Lipinski definition) is 1. The summed E-state index contributed by atoms with van der Waals surface area (Å²) in [7, 11) is 0. The fourth-order valence-electron chi connectivity index (χ4n) is 2.43. The van der Waals surface area contributed by atoms with Crippen molar-refractivity contribution in [3.63, 3.8) is 0 Å². The van der Waals surface area contributed by atoms with Crippen LogP contribution in [0.3, 0.4) is 0 Å². The Morgan fingerprint density at radius 1 is 1.50 bits per heavy atom.